The summed E-state index contributed by atoms with van der Waals surface area (Å²) in [6.07, 6.45) is 7.35. The molecule has 0 spiro atoms. The highest BCUT2D eigenvalue weighted by Gasteiger charge is 2.34. The van der Waals surface area contributed by atoms with Gasteiger partial charge in [-0.2, -0.15) is 0 Å². The topological polar surface area (TPSA) is 117 Å². The van der Waals surface area contributed by atoms with E-state index in [9.17, 15) is 13.2 Å². The molecule has 1 aliphatic carbocycles. The number of nitrogens with one attached hydrogen (secondary N) is 3. The molecular weight excluding hydrogens is 342 g/mol. The fraction of sp³-hybridized carbons (Fsp3) is 0.562. The Kier molecular flexibility index (Phi) is 3.99. The van der Waals surface area contributed by atoms with Crippen molar-refractivity contribution in [3.63, 3.8) is 0 Å². The Hall–Kier alpha value is -2.00. The number of carbonyl (C=O) groups excluding carboxylic acids is 1. The predicted molar refractivity (Wildman–Crippen MR) is 92.9 cm³/mol. The molecule has 2 fully saturated rings. The fourth-order valence-electron chi connectivity index (χ4n) is 3.37. The minimum atomic E-state index is -3.42. The van der Waals surface area contributed by atoms with Crippen LogP contribution < -0.4 is 10.6 Å². The number of hydrogen-bond donors (Lipinski definition) is 3. The summed E-state index contributed by atoms with van der Waals surface area (Å²) < 4.78 is 24.3. The Labute approximate surface area is 145 Å². The lowest BCUT2D eigenvalue weighted by Crippen LogP contribution is -2.46. The lowest BCUT2D eigenvalue weighted by molar-refractivity contribution is 0.0941. The molecule has 2 atom stereocenters. The maximum atomic E-state index is 12.7. The fourth-order valence-corrected chi connectivity index (χ4v) is 4.62. The highest BCUT2D eigenvalue weighted by Crippen LogP contribution is 2.39. The summed E-state index contributed by atoms with van der Waals surface area (Å²) in [6.45, 7) is 1.34. The van der Waals surface area contributed by atoms with Crippen LogP contribution in [0.4, 0.5) is 0 Å². The molecule has 2 aromatic rings. The van der Waals surface area contributed by atoms with Crippen molar-refractivity contribution in [2.45, 2.75) is 30.6 Å². The normalized spacial score (nSPS) is 22.2. The lowest BCUT2D eigenvalue weighted by atomic mass is 10.1. The van der Waals surface area contributed by atoms with Gasteiger partial charge in [-0.1, -0.05) is 0 Å². The van der Waals surface area contributed by atoms with E-state index in [4.69, 9.17) is 0 Å². The molecule has 2 aliphatic rings. The minimum Gasteiger partial charge on any atom is -0.344 e. The van der Waals surface area contributed by atoms with Gasteiger partial charge < -0.3 is 15.6 Å². The van der Waals surface area contributed by atoms with Crippen molar-refractivity contribution in [3.8, 4) is 0 Å². The van der Waals surface area contributed by atoms with Crippen LogP contribution in [0.5, 0.6) is 0 Å². The van der Waals surface area contributed by atoms with Gasteiger partial charge in [-0.25, -0.2) is 18.4 Å². The third kappa shape index (κ3) is 3.25. The van der Waals surface area contributed by atoms with Gasteiger partial charge in [0.15, 0.2) is 15.5 Å². The molecule has 2 aromatic heterocycles. The summed E-state index contributed by atoms with van der Waals surface area (Å²) in [5.41, 5.74) is 2.26. The lowest BCUT2D eigenvalue weighted by Gasteiger charge is -2.22. The van der Waals surface area contributed by atoms with E-state index in [1.54, 1.807) is 12.4 Å². The molecule has 8 nitrogen and oxygen atoms in total. The number of fused-ring (bicyclic) bond motifs is 1. The third-order valence-electron chi connectivity index (χ3n) is 4.90. The summed E-state index contributed by atoms with van der Waals surface area (Å²) in [6, 6.07) is 0. The monoisotopic (exact) mass is 363 g/mol. The Morgan fingerprint density at radius 2 is 2.16 bits per heavy atom. The van der Waals surface area contributed by atoms with Gasteiger partial charge in [-0.05, 0) is 25.8 Å². The predicted octanol–water partition coefficient (Wildman–Crippen LogP) is 0.545. The van der Waals surface area contributed by atoms with Gasteiger partial charge in [0, 0.05) is 30.8 Å². The number of H-pyrrole nitrogens is 1. The van der Waals surface area contributed by atoms with Crippen LogP contribution in [-0.4, -0.2) is 54.0 Å². The van der Waals surface area contributed by atoms with Gasteiger partial charge in [-0.15, -0.1) is 0 Å². The molecule has 1 aliphatic heterocycles. The average molecular weight is 363 g/mol. The highest BCUT2D eigenvalue weighted by atomic mass is 32.2. The summed E-state index contributed by atoms with van der Waals surface area (Å²) >= 11 is 0. The zero-order valence-corrected chi connectivity index (χ0v) is 14.8. The van der Waals surface area contributed by atoms with Crippen molar-refractivity contribution in [1.29, 1.82) is 0 Å². The quantitative estimate of drug-likeness (QED) is 0.714. The number of carbonyl (C=O) groups is 1. The summed E-state index contributed by atoms with van der Waals surface area (Å²) in [5.74, 6) is -0.135. The molecule has 0 bridgehead atoms. The minimum absolute atomic E-state index is 0.128. The number of amides is 1. The van der Waals surface area contributed by atoms with Crippen LogP contribution in [0.15, 0.2) is 12.4 Å². The standard InChI is InChI=1S/C16H21N5O3S/c1-25(23,24)16(10-4-5-17-6-10)21-15(22)11-7-18-14-13(11)20-12(8-19-14)9-2-3-9/h7-10,16-17H,2-6H2,1H3,(H,18,19)(H,21,22). The van der Waals surface area contributed by atoms with Gasteiger partial charge in [-0.3, -0.25) is 4.79 Å². The first-order chi connectivity index (χ1) is 11.9. The molecular formula is C16H21N5O3S. The van der Waals surface area contributed by atoms with Crippen molar-refractivity contribution in [1.82, 2.24) is 25.6 Å². The van der Waals surface area contributed by atoms with Crippen LogP contribution in [0.2, 0.25) is 0 Å². The van der Waals surface area contributed by atoms with Crippen LogP contribution in [0, 0.1) is 5.92 Å². The van der Waals surface area contributed by atoms with Crippen molar-refractivity contribution in [3.05, 3.63) is 23.7 Å². The number of sulfone groups is 1. The Bertz CT molecular complexity index is 913. The van der Waals surface area contributed by atoms with Crippen molar-refractivity contribution < 1.29 is 13.2 Å². The van der Waals surface area contributed by atoms with Crippen LogP contribution in [0.25, 0.3) is 11.2 Å². The van der Waals surface area contributed by atoms with E-state index in [1.165, 1.54) is 0 Å². The van der Waals surface area contributed by atoms with Crippen molar-refractivity contribution in [2.75, 3.05) is 19.3 Å². The first-order valence-corrected chi connectivity index (χ1v) is 10.4. The van der Waals surface area contributed by atoms with Gasteiger partial charge >= 0.3 is 0 Å². The molecule has 134 valence electrons. The number of rotatable bonds is 5. The van der Waals surface area contributed by atoms with Crippen LogP contribution in [0.1, 0.15) is 41.2 Å². The van der Waals surface area contributed by atoms with Gasteiger partial charge in [0.2, 0.25) is 0 Å². The molecule has 0 aromatic carbocycles. The van der Waals surface area contributed by atoms with Crippen LogP contribution >= 0.6 is 0 Å². The Balaban J connectivity index is 1.63. The smallest absolute Gasteiger partial charge is 0.256 e. The van der Waals surface area contributed by atoms with Crippen molar-refractivity contribution >= 4 is 26.9 Å². The zero-order chi connectivity index (χ0) is 17.6. The molecule has 9 heteroatoms. The van der Waals surface area contributed by atoms with Gasteiger partial charge in [0.05, 0.1) is 17.5 Å². The number of hydrogen-bond acceptors (Lipinski definition) is 6. The van der Waals surface area contributed by atoms with Crippen LogP contribution in [0.3, 0.4) is 0 Å². The number of aromatic nitrogens is 3. The van der Waals surface area contributed by atoms with Gasteiger partial charge in [0.25, 0.3) is 5.91 Å². The molecule has 1 amide bonds. The Morgan fingerprint density at radius 3 is 2.80 bits per heavy atom. The van der Waals surface area contributed by atoms with E-state index in [1.807, 2.05) is 0 Å². The van der Waals surface area contributed by atoms with E-state index in [2.05, 4.69) is 25.6 Å². The molecule has 25 heavy (non-hydrogen) atoms. The first kappa shape index (κ1) is 16.5. The van der Waals surface area contributed by atoms with E-state index in [0.29, 0.717) is 29.2 Å². The van der Waals surface area contributed by atoms with Gasteiger partial charge in [0.1, 0.15) is 10.9 Å². The second-order valence-electron chi connectivity index (χ2n) is 6.95. The SMILES string of the molecule is CS(=O)(=O)C(NC(=O)c1c[nH]c2ncc(C3CC3)nc12)C1CCNC1. The zero-order valence-electron chi connectivity index (χ0n) is 13.9. The number of nitrogens with zero attached hydrogens (tertiary/aromatic N) is 2. The molecule has 4 rings (SSSR count). The van der Waals surface area contributed by atoms with Crippen molar-refractivity contribution in [2.24, 2.45) is 5.92 Å². The van der Waals surface area contributed by atoms with E-state index < -0.39 is 21.1 Å². The maximum Gasteiger partial charge on any atom is 0.256 e. The summed E-state index contributed by atoms with van der Waals surface area (Å²) in [5, 5.41) is 4.95. The summed E-state index contributed by atoms with van der Waals surface area (Å²) in [7, 11) is -3.42. The highest BCUT2D eigenvalue weighted by molar-refractivity contribution is 7.91. The molecule has 3 N–H and O–H groups in total. The first-order valence-electron chi connectivity index (χ1n) is 8.48. The Morgan fingerprint density at radius 1 is 1.36 bits per heavy atom. The molecule has 2 unspecified atom stereocenters. The maximum absolute atomic E-state index is 12.7. The molecule has 1 saturated carbocycles. The third-order valence-corrected chi connectivity index (χ3v) is 6.33. The molecule has 1 saturated heterocycles. The average Bonchev–Trinajstić information content (AvgIpc) is 3.11. The summed E-state index contributed by atoms with van der Waals surface area (Å²) in [4.78, 5) is 24.6. The van der Waals surface area contributed by atoms with E-state index in [-0.39, 0.29) is 5.92 Å². The van der Waals surface area contributed by atoms with E-state index >= 15 is 0 Å². The second kappa shape index (κ2) is 6.06. The van der Waals surface area contributed by atoms with Crippen LogP contribution in [-0.2, 0) is 9.84 Å². The largest absolute Gasteiger partial charge is 0.344 e. The second-order valence-corrected chi connectivity index (χ2v) is 9.11. The number of aromatic amines is 1. The van der Waals surface area contributed by atoms with E-state index in [0.717, 1.165) is 37.8 Å². The molecule has 3 heterocycles. The molecule has 0 radical (unpaired) electrons.